The molecule has 0 unspecified atom stereocenters. The molecule has 4 aromatic rings. The third kappa shape index (κ3) is 4.03. The number of thioether (sulfide) groups is 1. The number of pyridine rings is 2. The first-order valence-corrected chi connectivity index (χ1v) is 12.9. The van der Waals surface area contributed by atoms with Crippen LogP contribution in [0.4, 0.5) is 33.5 Å². The molecule has 14 heteroatoms. The van der Waals surface area contributed by atoms with Gasteiger partial charge in [-0.1, -0.05) is 18.7 Å². The largest absolute Gasteiger partial charge is 0.482 e. The van der Waals surface area contributed by atoms with Gasteiger partial charge in [-0.2, -0.15) is 0 Å². The zero-order valence-electron chi connectivity index (χ0n) is 21.0. The molecule has 6 rings (SSSR count). The van der Waals surface area contributed by atoms with Gasteiger partial charge in [0.25, 0.3) is 6.43 Å². The van der Waals surface area contributed by atoms with Crippen LogP contribution in [-0.2, 0) is 12.1 Å². The zero-order chi connectivity index (χ0) is 28.4. The standard InChI is InChI=1S/C26H21F5N6O2S/c1-11-21-25(2,37-24(32)40-26(11,21)23(30)31)15-5-12(6-16(27)19(15)29)36-22-20-14(17(28)9-35-22)7-13(8-34-20)39-10-18-33-3-4-38-18/h3-9,11,21,23H,10H2,1-2H3,(H2,32,37)(H,35,36)/t11-,21-,25+,26-/m0/s1. The van der Waals surface area contributed by atoms with Gasteiger partial charge in [0.05, 0.1) is 28.9 Å². The average Bonchev–Trinajstić information content (AvgIpc) is 3.25. The molecule has 4 heterocycles. The highest BCUT2D eigenvalue weighted by molar-refractivity contribution is 8.15. The number of rotatable bonds is 7. The lowest BCUT2D eigenvalue weighted by Crippen LogP contribution is -2.39. The van der Waals surface area contributed by atoms with Crippen molar-refractivity contribution in [3.8, 4) is 5.75 Å². The number of ether oxygens (including phenoxy) is 1. The quantitative estimate of drug-likeness (QED) is 0.262. The Morgan fingerprint density at radius 2 is 1.93 bits per heavy atom. The Morgan fingerprint density at radius 1 is 1.12 bits per heavy atom. The summed E-state index contributed by atoms with van der Waals surface area (Å²) in [4.78, 5) is 16.5. The summed E-state index contributed by atoms with van der Waals surface area (Å²) in [6.07, 6.45) is 2.38. The van der Waals surface area contributed by atoms with Crippen molar-refractivity contribution in [2.75, 3.05) is 5.32 Å². The van der Waals surface area contributed by atoms with Crippen molar-refractivity contribution in [2.45, 2.75) is 37.2 Å². The topological polar surface area (TPSA) is 111 Å². The van der Waals surface area contributed by atoms with Crippen molar-refractivity contribution in [2.24, 2.45) is 22.6 Å². The Labute approximate surface area is 228 Å². The second-order valence-corrected chi connectivity index (χ2v) is 11.1. The molecule has 208 valence electrons. The number of aliphatic imine (C=N–C) groups is 1. The smallest absolute Gasteiger partial charge is 0.254 e. The third-order valence-electron chi connectivity index (χ3n) is 7.49. The number of nitrogens with one attached hydrogen (secondary N) is 1. The number of nitrogens with zero attached hydrogens (tertiary/aromatic N) is 4. The Bertz CT molecular complexity index is 1650. The molecule has 2 aliphatic rings. The number of hydrogen-bond acceptors (Lipinski definition) is 9. The van der Waals surface area contributed by atoms with Gasteiger partial charge < -0.3 is 20.2 Å². The van der Waals surface area contributed by atoms with Crippen LogP contribution in [0.5, 0.6) is 5.75 Å². The SMILES string of the molecule is C[C@H]1[C@@H]2[C@@]1(C(F)F)SC(N)=N[C@]2(C)c1cc(Nc2ncc(F)c3cc(OCc4ncco4)cnc23)cc(F)c1F. The fourth-order valence-corrected chi connectivity index (χ4v) is 7.12. The lowest BCUT2D eigenvalue weighted by molar-refractivity contribution is 0.121. The van der Waals surface area contributed by atoms with E-state index in [9.17, 15) is 17.6 Å². The molecule has 0 spiro atoms. The highest BCUT2D eigenvalue weighted by atomic mass is 32.2. The van der Waals surface area contributed by atoms with Gasteiger partial charge in [0, 0.05) is 28.6 Å². The molecule has 3 N–H and O–H groups in total. The number of halogens is 5. The number of fused-ring (bicyclic) bond motifs is 2. The van der Waals surface area contributed by atoms with Crippen molar-refractivity contribution in [1.82, 2.24) is 15.0 Å². The van der Waals surface area contributed by atoms with E-state index >= 15 is 4.39 Å². The second kappa shape index (κ2) is 9.32. The Kier molecular flexibility index (Phi) is 6.13. The molecular weight excluding hydrogens is 555 g/mol. The highest BCUT2D eigenvalue weighted by Crippen LogP contribution is 2.71. The van der Waals surface area contributed by atoms with Gasteiger partial charge in [-0.05, 0) is 25.0 Å². The average molecular weight is 577 g/mol. The lowest BCUT2D eigenvalue weighted by Gasteiger charge is -2.34. The first kappa shape index (κ1) is 26.3. The molecule has 0 amide bonds. The minimum Gasteiger partial charge on any atom is -0.482 e. The first-order valence-electron chi connectivity index (χ1n) is 12.1. The summed E-state index contributed by atoms with van der Waals surface area (Å²) >= 11 is 0.772. The highest BCUT2D eigenvalue weighted by Gasteiger charge is 2.76. The maximum Gasteiger partial charge on any atom is 0.254 e. The van der Waals surface area contributed by atoms with Crippen LogP contribution in [0.3, 0.4) is 0 Å². The predicted octanol–water partition coefficient (Wildman–Crippen LogP) is 5.90. The van der Waals surface area contributed by atoms with Gasteiger partial charge in [0.1, 0.15) is 17.5 Å². The van der Waals surface area contributed by atoms with Crippen molar-refractivity contribution in [3.05, 3.63) is 72.0 Å². The summed E-state index contributed by atoms with van der Waals surface area (Å²) in [6.45, 7) is 3.08. The Morgan fingerprint density at radius 3 is 2.65 bits per heavy atom. The van der Waals surface area contributed by atoms with Gasteiger partial charge >= 0.3 is 0 Å². The minimum atomic E-state index is -2.75. The number of nitrogens with two attached hydrogens (primary N) is 1. The van der Waals surface area contributed by atoms with E-state index in [1.54, 1.807) is 6.92 Å². The summed E-state index contributed by atoms with van der Waals surface area (Å²) < 4.78 is 82.2. The van der Waals surface area contributed by atoms with E-state index in [2.05, 4.69) is 25.3 Å². The molecule has 3 aromatic heterocycles. The van der Waals surface area contributed by atoms with E-state index in [-0.39, 0.29) is 45.5 Å². The van der Waals surface area contributed by atoms with Crippen LogP contribution in [-0.4, -0.2) is 31.3 Å². The molecule has 1 aliphatic carbocycles. The van der Waals surface area contributed by atoms with Crippen LogP contribution >= 0.6 is 11.8 Å². The van der Waals surface area contributed by atoms with Gasteiger partial charge in [-0.25, -0.2) is 36.9 Å². The Hall–Kier alpha value is -3.94. The van der Waals surface area contributed by atoms with Gasteiger partial charge in [-0.3, -0.25) is 4.99 Å². The summed E-state index contributed by atoms with van der Waals surface area (Å²) in [6, 6.07) is 3.56. The molecule has 1 saturated carbocycles. The number of hydrogen-bond donors (Lipinski definition) is 2. The lowest BCUT2D eigenvalue weighted by atomic mass is 9.84. The van der Waals surface area contributed by atoms with E-state index in [1.165, 1.54) is 37.7 Å². The van der Waals surface area contributed by atoms with Crippen molar-refractivity contribution in [1.29, 1.82) is 0 Å². The number of benzene rings is 1. The van der Waals surface area contributed by atoms with Crippen molar-refractivity contribution in [3.63, 3.8) is 0 Å². The molecular formula is C26H21F5N6O2S. The summed E-state index contributed by atoms with van der Waals surface area (Å²) in [5.74, 6) is -3.90. The van der Waals surface area contributed by atoms with E-state index in [0.717, 1.165) is 24.0 Å². The molecule has 40 heavy (non-hydrogen) atoms. The third-order valence-corrected chi connectivity index (χ3v) is 8.95. The number of oxazole rings is 1. The van der Waals surface area contributed by atoms with Crippen LogP contribution < -0.4 is 15.8 Å². The van der Waals surface area contributed by atoms with E-state index in [0.29, 0.717) is 5.89 Å². The molecule has 0 radical (unpaired) electrons. The van der Waals surface area contributed by atoms with Crippen LogP contribution in [0, 0.1) is 29.3 Å². The monoisotopic (exact) mass is 576 g/mol. The molecule has 4 atom stereocenters. The molecule has 8 nitrogen and oxygen atoms in total. The maximum absolute atomic E-state index is 15.2. The minimum absolute atomic E-state index is 0.00758. The normalized spacial score (nSPS) is 25.6. The molecule has 0 saturated heterocycles. The number of alkyl halides is 2. The molecule has 1 aromatic carbocycles. The summed E-state index contributed by atoms with van der Waals surface area (Å²) in [7, 11) is 0. The van der Waals surface area contributed by atoms with E-state index in [4.69, 9.17) is 14.9 Å². The van der Waals surface area contributed by atoms with Gasteiger partial charge in [-0.15, -0.1) is 0 Å². The van der Waals surface area contributed by atoms with Gasteiger partial charge in [0.2, 0.25) is 5.89 Å². The molecule has 1 fully saturated rings. The van der Waals surface area contributed by atoms with Crippen LogP contribution in [0.15, 0.2) is 52.5 Å². The summed E-state index contributed by atoms with van der Waals surface area (Å²) in [5.41, 5.74) is 4.24. The predicted molar refractivity (Wildman–Crippen MR) is 138 cm³/mol. The number of amidine groups is 1. The Balaban J connectivity index is 1.35. The molecule has 1 aliphatic heterocycles. The number of aromatic nitrogens is 3. The van der Waals surface area contributed by atoms with Crippen molar-refractivity contribution < 1.29 is 31.1 Å². The van der Waals surface area contributed by atoms with Gasteiger partial charge in [0.15, 0.2) is 35.0 Å². The zero-order valence-corrected chi connectivity index (χ0v) is 21.8. The van der Waals surface area contributed by atoms with Crippen LogP contribution in [0.25, 0.3) is 10.9 Å². The fraction of sp³-hybridized carbons (Fsp3) is 0.308. The van der Waals surface area contributed by atoms with Crippen LogP contribution in [0.1, 0.15) is 25.3 Å². The van der Waals surface area contributed by atoms with Crippen LogP contribution in [0.2, 0.25) is 0 Å². The first-order chi connectivity index (χ1) is 19.0. The van der Waals surface area contributed by atoms with E-state index < -0.39 is 46.0 Å². The maximum atomic E-state index is 15.2. The number of anilines is 2. The fourth-order valence-electron chi connectivity index (χ4n) is 5.62. The second-order valence-electron chi connectivity index (χ2n) is 9.80. The van der Waals surface area contributed by atoms with E-state index in [1.807, 2.05) is 0 Å². The van der Waals surface area contributed by atoms with Crippen molar-refractivity contribution >= 4 is 39.3 Å². The molecule has 0 bridgehead atoms. The summed E-state index contributed by atoms with van der Waals surface area (Å²) in [5, 5.41) is 2.77.